The first-order chi connectivity index (χ1) is 14.5. The van der Waals surface area contributed by atoms with Gasteiger partial charge >= 0.3 is 0 Å². The molecule has 4 heterocycles. The molecule has 0 atom stereocenters. The predicted octanol–water partition coefficient (Wildman–Crippen LogP) is 2.51. The Hall–Kier alpha value is -3.49. The lowest BCUT2D eigenvalue weighted by Gasteiger charge is -2.27. The van der Waals surface area contributed by atoms with Crippen molar-refractivity contribution in [2.24, 2.45) is 0 Å². The van der Waals surface area contributed by atoms with Crippen LogP contribution in [0.5, 0.6) is 0 Å². The van der Waals surface area contributed by atoms with Crippen LogP contribution in [-0.4, -0.2) is 43.2 Å². The number of hydrogen-bond acceptors (Lipinski definition) is 6. The van der Waals surface area contributed by atoms with Gasteiger partial charge < -0.3 is 0 Å². The average molecular weight is 408 g/mol. The van der Waals surface area contributed by atoms with Crippen LogP contribution in [0, 0.1) is 12.7 Å². The lowest BCUT2D eigenvalue weighted by atomic mass is 10.1. The maximum Gasteiger partial charge on any atom is 0.228 e. The van der Waals surface area contributed by atoms with Gasteiger partial charge in [-0.05, 0) is 31.5 Å². The van der Waals surface area contributed by atoms with Gasteiger partial charge in [-0.3, -0.25) is 19.5 Å². The van der Waals surface area contributed by atoms with E-state index in [1.54, 1.807) is 17.0 Å². The number of Topliss-reactive ketones (excluding diaryl/α,β-unsaturated/α-hetero) is 1. The number of carbonyl (C=O) groups is 2. The maximum absolute atomic E-state index is 13.3. The van der Waals surface area contributed by atoms with Crippen molar-refractivity contribution in [1.82, 2.24) is 25.0 Å². The number of pyridine rings is 1. The largest absolute Gasteiger partial charge is 0.299 e. The third-order valence-corrected chi connectivity index (χ3v) is 4.93. The number of nitrogens with zero attached hydrogens (tertiary/aromatic N) is 6. The van der Waals surface area contributed by atoms with Crippen LogP contribution in [0.3, 0.4) is 0 Å². The Kier molecular flexibility index (Phi) is 5.60. The number of fused-ring (bicyclic) bond motifs is 1. The minimum Gasteiger partial charge on any atom is -0.299 e. The van der Waals surface area contributed by atoms with E-state index in [0.717, 1.165) is 30.7 Å². The molecule has 0 aromatic carbocycles. The van der Waals surface area contributed by atoms with Crippen molar-refractivity contribution in [3.8, 4) is 11.3 Å². The molecule has 0 radical (unpaired) electrons. The maximum atomic E-state index is 13.3. The summed E-state index contributed by atoms with van der Waals surface area (Å²) in [4.78, 5) is 30.5. The summed E-state index contributed by atoms with van der Waals surface area (Å²) in [6.07, 6.45) is 3.83. The summed E-state index contributed by atoms with van der Waals surface area (Å²) >= 11 is 0. The van der Waals surface area contributed by atoms with E-state index in [1.165, 1.54) is 12.3 Å². The Bertz CT molecular complexity index is 1080. The van der Waals surface area contributed by atoms with Crippen LogP contribution in [0.4, 0.5) is 10.2 Å². The van der Waals surface area contributed by atoms with Crippen LogP contribution in [0.15, 0.2) is 36.7 Å². The number of rotatable bonds is 6. The molecule has 8 nitrogen and oxygen atoms in total. The van der Waals surface area contributed by atoms with Gasteiger partial charge in [-0.1, -0.05) is 0 Å². The quantitative estimate of drug-likeness (QED) is 0.622. The van der Waals surface area contributed by atoms with E-state index in [9.17, 15) is 14.0 Å². The Morgan fingerprint density at radius 2 is 1.97 bits per heavy atom. The Morgan fingerprint density at radius 3 is 2.73 bits per heavy atom. The smallest absolute Gasteiger partial charge is 0.228 e. The molecule has 30 heavy (non-hydrogen) atoms. The minimum absolute atomic E-state index is 0.0794. The summed E-state index contributed by atoms with van der Waals surface area (Å²) in [6, 6.07) is 6.57. The molecule has 3 aromatic rings. The highest BCUT2D eigenvalue weighted by molar-refractivity contribution is 5.95. The molecule has 9 heteroatoms. The summed E-state index contributed by atoms with van der Waals surface area (Å²) in [5, 5.41) is 12.5. The number of ketones is 1. The molecular weight excluding hydrogens is 387 g/mol. The number of aromatic nitrogens is 5. The van der Waals surface area contributed by atoms with E-state index >= 15 is 0 Å². The molecule has 1 aliphatic rings. The normalized spacial score (nSPS) is 13.2. The summed E-state index contributed by atoms with van der Waals surface area (Å²) in [7, 11) is 0. The van der Waals surface area contributed by atoms with Crippen molar-refractivity contribution in [3.05, 3.63) is 53.9 Å². The molecule has 3 aromatic heterocycles. The molecule has 0 N–H and O–H groups in total. The number of halogens is 1. The molecule has 0 saturated carbocycles. The van der Waals surface area contributed by atoms with Gasteiger partial charge in [-0.25, -0.2) is 9.07 Å². The van der Waals surface area contributed by atoms with Crippen molar-refractivity contribution in [2.75, 3.05) is 11.4 Å². The first-order valence-corrected chi connectivity index (χ1v) is 9.79. The number of amides is 1. The summed E-state index contributed by atoms with van der Waals surface area (Å²) in [5.74, 6) is 0.179. The van der Waals surface area contributed by atoms with E-state index in [1.807, 2.05) is 17.7 Å². The van der Waals surface area contributed by atoms with E-state index in [4.69, 9.17) is 0 Å². The van der Waals surface area contributed by atoms with E-state index in [2.05, 4.69) is 20.3 Å². The zero-order valence-corrected chi connectivity index (χ0v) is 16.6. The molecule has 154 valence electrons. The molecule has 0 bridgehead atoms. The highest BCUT2D eigenvalue weighted by Gasteiger charge is 2.24. The van der Waals surface area contributed by atoms with Crippen molar-refractivity contribution in [3.63, 3.8) is 0 Å². The number of anilines is 1. The number of hydrogen-bond donors (Lipinski definition) is 0. The minimum atomic E-state index is -0.454. The molecule has 0 spiro atoms. The fourth-order valence-corrected chi connectivity index (χ4v) is 3.49. The lowest BCUT2D eigenvalue weighted by Crippen LogP contribution is -2.37. The lowest BCUT2D eigenvalue weighted by molar-refractivity contribution is -0.123. The number of aryl methyl sites for hydroxylation is 2. The van der Waals surface area contributed by atoms with Crippen LogP contribution in [0.25, 0.3) is 11.3 Å². The standard InChI is InChI=1S/C21H21FN6O2/c1-14-9-20-27(7-2-8-28(20)26-14)21(30)6-4-18(29)11-17-3-5-19(25-24-17)15-10-16(22)13-23-12-15/h3,5,9-10,12-13H,2,4,6-8,11H2,1H3. The average Bonchev–Trinajstić information content (AvgIpc) is 3.12. The predicted molar refractivity (Wildman–Crippen MR) is 107 cm³/mol. The fraction of sp³-hybridized carbons (Fsp3) is 0.333. The molecule has 0 saturated heterocycles. The molecule has 0 aliphatic carbocycles. The van der Waals surface area contributed by atoms with Gasteiger partial charge in [0.05, 0.1) is 29.7 Å². The van der Waals surface area contributed by atoms with E-state index < -0.39 is 5.82 Å². The molecule has 0 unspecified atom stereocenters. The molecule has 1 amide bonds. The number of carbonyl (C=O) groups excluding carboxylic acids is 2. The molecule has 0 fully saturated rings. The molecular formula is C21H21FN6O2. The van der Waals surface area contributed by atoms with Crippen molar-refractivity contribution >= 4 is 17.5 Å². The van der Waals surface area contributed by atoms with Crippen LogP contribution in [-0.2, 0) is 22.6 Å². The van der Waals surface area contributed by atoms with Gasteiger partial charge in [0.2, 0.25) is 5.91 Å². The zero-order valence-electron chi connectivity index (χ0n) is 16.6. The highest BCUT2D eigenvalue weighted by Crippen LogP contribution is 2.23. The zero-order chi connectivity index (χ0) is 21.1. The monoisotopic (exact) mass is 408 g/mol. The van der Waals surface area contributed by atoms with Crippen LogP contribution >= 0.6 is 0 Å². The van der Waals surface area contributed by atoms with Gasteiger partial charge in [0.15, 0.2) is 0 Å². The summed E-state index contributed by atoms with van der Waals surface area (Å²) in [6.45, 7) is 3.33. The third-order valence-electron chi connectivity index (χ3n) is 4.93. The van der Waals surface area contributed by atoms with Crippen LogP contribution < -0.4 is 4.90 Å². The van der Waals surface area contributed by atoms with E-state index in [-0.39, 0.29) is 31.0 Å². The van der Waals surface area contributed by atoms with Gasteiger partial charge in [-0.15, -0.1) is 0 Å². The molecule has 4 rings (SSSR count). The Morgan fingerprint density at radius 1 is 1.10 bits per heavy atom. The second-order valence-corrected chi connectivity index (χ2v) is 7.28. The van der Waals surface area contributed by atoms with Crippen LogP contribution in [0.2, 0.25) is 0 Å². The fourth-order valence-electron chi connectivity index (χ4n) is 3.49. The van der Waals surface area contributed by atoms with E-state index in [0.29, 0.717) is 23.5 Å². The van der Waals surface area contributed by atoms with Gasteiger partial charge in [0.1, 0.15) is 17.4 Å². The summed E-state index contributed by atoms with van der Waals surface area (Å²) in [5.41, 5.74) is 2.37. The first-order valence-electron chi connectivity index (χ1n) is 9.79. The third kappa shape index (κ3) is 4.40. The first kappa shape index (κ1) is 19.8. The second-order valence-electron chi connectivity index (χ2n) is 7.28. The van der Waals surface area contributed by atoms with Crippen molar-refractivity contribution in [2.45, 2.75) is 39.2 Å². The summed E-state index contributed by atoms with van der Waals surface area (Å²) < 4.78 is 15.1. The topological polar surface area (TPSA) is 93.9 Å². The van der Waals surface area contributed by atoms with Crippen molar-refractivity contribution in [1.29, 1.82) is 0 Å². The SMILES string of the molecule is Cc1cc2n(n1)CCCN2C(=O)CCC(=O)Cc1ccc(-c2cncc(F)c2)nn1. The Labute approximate surface area is 172 Å². The van der Waals surface area contributed by atoms with Crippen molar-refractivity contribution < 1.29 is 14.0 Å². The van der Waals surface area contributed by atoms with Gasteiger partial charge in [0.25, 0.3) is 0 Å². The molecule has 1 aliphatic heterocycles. The Balaban J connectivity index is 1.32. The van der Waals surface area contributed by atoms with Gasteiger partial charge in [-0.2, -0.15) is 15.3 Å². The highest BCUT2D eigenvalue weighted by atomic mass is 19.1. The van der Waals surface area contributed by atoms with Gasteiger partial charge in [0, 0.05) is 43.8 Å². The second kappa shape index (κ2) is 8.48. The van der Waals surface area contributed by atoms with Crippen LogP contribution in [0.1, 0.15) is 30.7 Å².